The van der Waals surface area contributed by atoms with Crippen molar-refractivity contribution in [2.24, 2.45) is 0 Å². The molecule has 0 N–H and O–H groups in total. The average Bonchev–Trinajstić information content (AvgIpc) is 4.12. The number of benzene rings is 10. The Hall–Kier alpha value is -8.60. The number of fused-ring (bicyclic) bond motifs is 13. The van der Waals surface area contributed by atoms with Crippen molar-refractivity contribution in [1.82, 2.24) is 4.57 Å². The second-order valence-electron chi connectivity index (χ2n) is 16.8. The van der Waals surface area contributed by atoms with Crippen molar-refractivity contribution in [3.63, 3.8) is 0 Å². The van der Waals surface area contributed by atoms with Crippen LogP contribution in [-0.2, 0) is 0 Å². The van der Waals surface area contributed by atoms with E-state index in [1.807, 2.05) is 0 Å². The summed E-state index contributed by atoms with van der Waals surface area (Å²) in [7, 11) is 0. The zero-order chi connectivity index (χ0) is 41.9. The Morgan fingerprint density at radius 1 is 0.250 bits per heavy atom. The summed E-state index contributed by atoms with van der Waals surface area (Å²) in [5, 5.41) is 8.91. The minimum absolute atomic E-state index is 0.857. The third-order valence-electron chi connectivity index (χ3n) is 13.2. The van der Waals surface area contributed by atoms with Crippen LogP contribution in [0.3, 0.4) is 0 Å². The van der Waals surface area contributed by atoms with Gasteiger partial charge in [0, 0.05) is 48.8 Å². The van der Waals surface area contributed by atoms with Gasteiger partial charge in [0.15, 0.2) is 5.58 Å². The fourth-order valence-corrected chi connectivity index (χ4v) is 10.1. The highest BCUT2D eigenvalue weighted by Gasteiger charge is 2.21. The molecule has 4 aromatic heterocycles. The Kier molecular flexibility index (Phi) is 7.36. The summed E-state index contributed by atoms with van der Waals surface area (Å²) < 4.78 is 21.9. The standard InChI is InChI=1S/C60H35NO3/c1-4-10-36(11-5-1)38-17-25-54-49(31-38)51-34-42(19-27-56(51)62-54)40-16-24-53-47(30-40)45-22-23-46-48-33-41(21-29-58(48)64-60(46)59(45)61(53)44-14-8-3-9-15-44)43-20-28-57-52(35-43)50-32-39(18-26-55(50)63-57)37-12-6-2-7-13-37/h1-35H. The number of hydrogen-bond donors (Lipinski definition) is 0. The molecule has 0 amide bonds. The molecule has 0 spiro atoms. The molecule has 298 valence electrons. The van der Waals surface area contributed by atoms with Crippen molar-refractivity contribution >= 4 is 87.6 Å². The lowest BCUT2D eigenvalue weighted by molar-refractivity contribution is 0.668. The van der Waals surface area contributed by atoms with E-state index in [9.17, 15) is 0 Å². The zero-order valence-corrected chi connectivity index (χ0v) is 34.4. The highest BCUT2D eigenvalue weighted by atomic mass is 16.3. The van der Waals surface area contributed by atoms with E-state index in [-0.39, 0.29) is 0 Å². The Morgan fingerprint density at radius 2 is 0.609 bits per heavy atom. The number of nitrogens with zero attached hydrogens (tertiary/aromatic N) is 1. The van der Waals surface area contributed by atoms with Crippen molar-refractivity contribution in [3.05, 3.63) is 212 Å². The molecule has 10 aromatic carbocycles. The van der Waals surface area contributed by atoms with Gasteiger partial charge in [0.2, 0.25) is 0 Å². The maximum Gasteiger partial charge on any atom is 0.160 e. The Labute approximate surface area is 366 Å². The molecular weight excluding hydrogens is 783 g/mol. The van der Waals surface area contributed by atoms with Crippen molar-refractivity contribution in [2.45, 2.75) is 0 Å². The maximum atomic E-state index is 6.91. The van der Waals surface area contributed by atoms with Crippen LogP contribution in [0, 0.1) is 0 Å². The number of furan rings is 3. The fraction of sp³-hybridized carbons (Fsp3) is 0. The van der Waals surface area contributed by atoms with Crippen LogP contribution in [0.4, 0.5) is 0 Å². The molecule has 0 atom stereocenters. The summed E-state index contributed by atoms with van der Waals surface area (Å²) in [6.45, 7) is 0. The molecule has 4 heteroatoms. The highest BCUT2D eigenvalue weighted by molar-refractivity contribution is 6.22. The smallest absolute Gasteiger partial charge is 0.160 e. The lowest BCUT2D eigenvalue weighted by atomic mass is 9.98. The van der Waals surface area contributed by atoms with Gasteiger partial charge in [0.1, 0.15) is 27.9 Å². The first-order valence-electron chi connectivity index (χ1n) is 21.7. The van der Waals surface area contributed by atoms with Gasteiger partial charge in [0.05, 0.1) is 11.0 Å². The van der Waals surface area contributed by atoms with Gasteiger partial charge in [-0.1, -0.05) is 121 Å². The van der Waals surface area contributed by atoms with Gasteiger partial charge in [-0.05, 0) is 136 Å². The maximum absolute atomic E-state index is 6.91. The molecule has 0 unspecified atom stereocenters. The monoisotopic (exact) mass is 817 g/mol. The second kappa shape index (κ2) is 13.4. The summed E-state index contributed by atoms with van der Waals surface area (Å²) in [5.41, 5.74) is 17.8. The number of rotatable bonds is 5. The van der Waals surface area contributed by atoms with Crippen LogP contribution < -0.4 is 0 Å². The van der Waals surface area contributed by atoms with E-state index in [4.69, 9.17) is 13.3 Å². The van der Waals surface area contributed by atoms with E-state index >= 15 is 0 Å². The quantitative estimate of drug-likeness (QED) is 0.174. The van der Waals surface area contributed by atoms with Crippen LogP contribution >= 0.6 is 0 Å². The number of hydrogen-bond acceptors (Lipinski definition) is 3. The zero-order valence-electron chi connectivity index (χ0n) is 34.4. The topological polar surface area (TPSA) is 44.4 Å². The summed E-state index contributed by atoms with van der Waals surface area (Å²) in [6.07, 6.45) is 0. The Balaban J connectivity index is 0.916. The van der Waals surface area contributed by atoms with Gasteiger partial charge < -0.3 is 17.8 Å². The molecule has 14 rings (SSSR count). The molecule has 14 aromatic rings. The van der Waals surface area contributed by atoms with E-state index in [0.717, 1.165) is 110 Å². The number of para-hydroxylation sites is 1. The molecule has 4 nitrogen and oxygen atoms in total. The van der Waals surface area contributed by atoms with Crippen LogP contribution in [0.5, 0.6) is 0 Å². The van der Waals surface area contributed by atoms with Crippen molar-refractivity contribution in [2.75, 3.05) is 0 Å². The second-order valence-corrected chi connectivity index (χ2v) is 16.8. The van der Waals surface area contributed by atoms with E-state index in [0.29, 0.717) is 0 Å². The van der Waals surface area contributed by atoms with E-state index < -0.39 is 0 Å². The molecule has 0 aliphatic heterocycles. The van der Waals surface area contributed by atoms with Gasteiger partial charge in [-0.2, -0.15) is 0 Å². The van der Waals surface area contributed by atoms with Gasteiger partial charge >= 0.3 is 0 Å². The molecular formula is C60H35NO3. The van der Waals surface area contributed by atoms with Gasteiger partial charge in [0.25, 0.3) is 0 Å². The first-order valence-corrected chi connectivity index (χ1v) is 21.7. The Morgan fingerprint density at radius 3 is 1.08 bits per heavy atom. The third kappa shape index (κ3) is 5.30. The van der Waals surface area contributed by atoms with E-state index in [1.54, 1.807) is 0 Å². The van der Waals surface area contributed by atoms with Gasteiger partial charge in [-0.15, -0.1) is 0 Å². The van der Waals surface area contributed by atoms with E-state index in [2.05, 4.69) is 217 Å². The Bertz CT molecular complexity index is 4170. The van der Waals surface area contributed by atoms with Crippen molar-refractivity contribution in [3.8, 4) is 50.2 Å². The summed E-state index contributed by atoms with van der Waals surface area (Å²) in [5.74, 6) is 0. The van der Waals surface area contributed by atoms with Crippen molar-refractivity contribution < 1.29 is 13.3 Å². The molecule has 0 aliphatic rings. The first kappa shape index (κ1) is 35.0. The highest BCUT2D eigenvalue weighted by Crippen LogP contribution is 2.44. The largest absolute Gasteiger partial charge is 0.456 e. The first-order chi connectivity index (χ1) is 31.7. The average molecular weight is 818 g/mol. The molecule has 0 fully saturated rings. The third-order valence-corrected chi connectivity index (χ3v) is 13.2. The normalized spacial score (nSPS) is 12.1. The molecule has 0 saturated carbocycles. The van der Waals surface area contributed by atoms with Crippen LogP contribution in [0.25, 0.3) is 138 Å². The molecule has 0 saturated heterocycles. The summed E-state index contributed by atoms with van der Waals surface area (Å²) >= 11 is 0. The van der Waals surface area contributed by atoms with Crippen molar-refractivity contribution in [1.29, 1.82) is 0 Å². The van der Waals surface area contributed by atoms with Crippen LogP contribution in [0.15, 0.2) is 226 Å². The summed E-state index contributed by atoms with van der Waals surface area (Å²) in [6, 6.07) is 75.5. The van der Waals surface area contributed by atoms with Gasteiger partial charge in [-0.25, -0.2) is 0 Å². The molecule has 4 heterocycles. The number of aromatic nitrogens is 1. The SMILES string of the molecule is c1ccc(-c2ccc3oc4ccc(-c5ccc6oc7c(ccc8c9cc(-c%10ccc%11oc%12ccc(-c%13ccccc%13)cc%12c%11c%10)ccc9n(-c9ccccc9)c87)c6c5)cc4c3c2)cc1. The summed E-state index contributed by atoms with van der Waals surface area (Å²) in [4.78, 5) is 0. The molecule has 0 radical (unpaired) electrons. The van der Waals surface area contributed by atoms with Crippen LogP contribution in [-0.4, -0.2) is 4.57 Å². The predicted molar refractivity (Wildman–Crippen MR) is 264 cm³/mol. The molecule has 0 aliphatic carbocycles. The van der Waals surface area contributed by atoms with Gasteiger partial charge in [-0.3, -0.25) is 0 Å². The fourth-order valence-electron chi connectivity index (χ4n) is 10.1. The van der Waals surface area contributed by atoms with E-state index in [1.165, 1.54) is 27.6 Å². The minimum Gasteiger partial charge on any atom is -0.456 e. The minimum atomic E-state index is 0.857. The lowest BCUT2D eigenvalue weighted by Gasteiger charge is -2.08. The predicted octanol–water partition coefficient (Wildman–Crippen LogP) is 17.1. The lowest BCUT2D eigenvalue weighted by Crippen LogP contribution is -1.93. The molecule has 0 bridgehead atoms. The van der Waals surface area contributed by atoms with Crippen LogP contribution in [0.1, 0.15) is 0 Å². The van der Waals surface area contributed by atoms with Crippen LogP contribution in [0.2, 0.25) is 0 Å². The molecule has 64 heavy (non-hydrogen) atoms.